The molecule has 0 aliphatic rings. The first kappa shape index (κ1) is 24.5. The lowest BCUT2D eigenvalue weighted by molar-refractivity contribution is -0.119. The molecule has 3 rings (SSSR count). The number of nitrogens with zero attached hydrogens (tertiary/aromatic N) is 3. The molecule has 0 saturated carbocycles. The van der Waals surface area contributed by atoms with Crippen LogP contribution in [0, 0.1) is 27.7 Å². The number of aromatic nitrogens is 1. The quantitative estimate of drug-likeness (QED) is 0.399. The van der Waals surface area contributed by atoms with E-state index in [2.05, 4.69) is 47.1 Å². The molecule has 0 spiro atoms. The van der Waals surface area contributed by atoms with Gasteiger partial charge in [-0.3, -0.25) is 9.10 Å². The number of hydrogen-bond donors (Lipinski definition) is 1. The van der Waals surface area contributed by atoms with E-state index in [0.717, 1.165) is 38.8 Å². The Kier molecular flexibility index (Phi) is 7.29. The molecular formula is C24H27ClN4O3S. The van der Waals surface area contributed by atoms with Crippen molar-refractivity contribution in [3.05, 3.63) is 81.6 Å². The number of halogens is 1. The molecule has 0 unspecified atom stereocenters. The van der Waals surface area contributed by atoms with E-state index in [-0.39, 0.29) is 10.7 Å². The van der Waals surface area contributed by atoms with E-state index < -0.39 is 22.5 Å². The highest BCUT2D eigenvalue weighted by atomic mass is 35.5. The van der Waals surface area contributed by atoms with Crippen LogP contribution in [0.2, 0.25) is 5.02 Å². The fraction of sp³-hybridized carbons (Fsp3) is 0.250. The van der Waals surface area contributed by atoms with Crippen molar-refractivity contribution >= 4 is 39.4 Å². The van der Waals surface area contributed by atoms with Crippen molar-refractivity contribution in [3.8, 4) is 5.69 Å². The average Bonchev–Trinajstić information content (AvgIpc) is 3.00. The molecule has 0 fully saturated rings. The van der Waals surface area contributed by atoms with Crippen LogP contribution in [0.3, 0.4) is 0 Å². The minimum atomic E-state index is -3.73. The molecular weight excluding hydrogens is 460 g/mol. The molecule has 2 aromatic carbocycles. The first-order valence-corrected chi connectivity index (χ1v) is 12.5. The Hall–Kier alpha value is -3.10. The van der Waals surface area contributed by atoms with Gasteiger partial charge in [-0.2, -0.15) is 5.10 Å². The Labute approximate surface area is 199 Å². The Morgan fingerprint density at radius 1 is 1.12 bits per heavy atom. The normalized spacial score (nSPS) is 11.7. The molecule has 0 atom stereocenters. The molecule has 9 heteroatoms. The number of nitrogens with one attached hydrogen (secondary N) is 1. The highest BCUT2D eigenvalue weighted by Gasteiger charge is 2.22. The van der Waals surface area contributed by atoms with Gasteiger partial charge in [0.15, 0.2) is 0 Å². The fourth-order valence-corrected chi connectivity index (χ4v) is 4.88. The van der Waals surface area contributed by atoms with E-state index in [0.29, 0.717) is 0 Å². The average molecular weight is 487 g/mol. The standard InChI is InChI=1S/C24H27ClN4O3S/c1-16-10-11-22(17(2)12-16)29-18(3)13-20(19(29)4)14-26-27-24(30)15-28(33(5,31)32)23-9-7-6-8-21(23)25/h6-14H,15H2,1-5H3,(H,27,30)/b26-14-. The number of amides is 1. The maximum atomic E-state index is 12.5. The Morgan fingerprint density at radius 3 is 2.45 bits per heavy atom. The number of carbonyl (C=O) groups excluding carboxylic acids is 1. The van der Waals surface area contributed by atoms with Crippen molar-refractivity contribution in [2.24, 2.45) is 5.10 Å². The molecule has 1 aromatic heterocycles. The van der Waals surface area contributed by atoms with Crippen LogP contribution in [-0.2, 0) is 14.8 Å². The lowest BCUT2D eigenvalue weighted by Gasteiger charge is -2.22. The number of carbonyl (C=O) groups is 1. The van der Waals surface area contributed by atoms with Crippen molar-refractivity contribution in [2.45, 2.75) is 27.7 Å². The SMILES string of the molecule is Cc1ccc(-n2c(C)cc(/C=N\NC(=O)CN(c3ccccc3Cl)S(C)(=O)=O)c2C)c(C)c1. The van der Waals surface area contributed by atoms with Gasteiger partial charge in [0.25, 0.3) is 5.91 Å². The van der Waals surface area contributed by atoms with Gasteiger partial charge in [-0.1, -0.05) is 41.4 Å². The molecule has 0 aliphatic heterocycles. The lowest BCUT2D eigenvalue weighted by atomic mass is 10.1. The Morgan fingerprint density at radius 2 is 1.82 bits per heavy atom. The van der Waals surface area contributed by atoms with E-state index in [1.54, 1.807) is 30.5 Å². The fourth-order valence-electron chi connectivity index (χ4n) is 3.72. The lowest BCUT2D eigenvalue weighted by Crippen LogP contribution is -2.39. The van der Waals surface area contributed by atoms with E-state index in [1.165, 1.54) is 5.56 Å². The zero-order chi connectivity index (χ0) is 24.3. The summed E-state index contributed by atoms with van der Waals surface area (Å²) in [6, 6.07) is 14.7. The van der Waals surface area contributed by atoms with Crippen LogP contribution in [0.4, 0.5) is 5.69 Å². The smallest absolute Gasteiger partial charge is 0.260 e. The Bertz CT molecular complexity index is 1330. The maximum Gasteiger partial charge on any atom is 0.260 e. The molecule has 0 saturated heterocycles. The van der Waals surface area contributed by atoms with Gasteiger partial charge < -0.3 is 4.57 Å². The van der Waals surface area contributed by atoms with E-state index in [1.807, 2.05) is 19.9 Å². The number of aryl methyl sites for hydroxylation is 3. The topological polar surface area (TPSA) is 83.8 Å². The summed E-state index contributed by atoms with van der Waals surface area (Å²) in [4.78, 5) is 12.5. The van der Waals surface area contributed by atoms with E-state index >= 15 is 0 Å². The van der Waals surface area contributed by atoms with Gasteiger partial charge in [0.2, 0.25) is 10.0 Å². The summed E-state index contributed by atoms with van der Waals surface area (Å²) in [6.45, 7) is 7.68. The molecule has 3 aromatic rings. The Balaban J connectivity index is 1.77. The molecule has 33 heavy (non-hydrogen) atoms. The molecule has 1 N–H and O–H groups in total. The van der Waals surface area contributed by atoms with Crippen LogP contribution in [0.5, 0.6) is 0 Å². The van der Waals surface area contributed by atoms with Gasteiger partial charge in [-0.25, -0.2) is 13.8 Å². The monoisotopic (exact) mass is 486 g/mol. The molecule has 1 amide bonds. The van der Waals surface area contributed by atoms with Crippen molar-refractivity contribution in [3.63, 3.8) is 0 Å². The van der Waals surface area contributed by atoms with Crippen LogP contribution < -0.4 is 9.73 Å². The van der Waals surface area contributed by atoms with Crippen molar-refractivity contribution in [1.29, 1.82) is 0 Å². The minimum absolute atomic E-state index is 0.234. The third-order valence-corrected chi connectivity index (χ3v) is 6.71. The summed E-state index contributed by atoms with van der Waals surface area (Å²) in [5, 5.41) is 4.28. The zero-order valence-corrected chi connectivity index (χ0v) is 20.8. The van der Waals surface area contributed by atoms with Gasteiger partial charge in [-0.05, 0) is 57.5 Å². The highest BCUT2D eigenvalue weighted by molar-refractivity contribution is 7.92. The number of para-hydroxylation sites is 1. The summed E-state index contributed by atoms with van der Waals surface area (Å²) in [5.74, 6) is -0.584. The van der Waals surface area contributed by atoms with Crippen molar-refractivity contribution in [1.82, 2.24) is 9.99 Å². The highest BCUT2D eigenvalue weighted by Crippen LogP contribution is 2.27. The second kappa shape index (κ2) is 9.80. The van der Waals surface area contributed by atoms with Gasteiger partial charge >= 0.3 is 0 Å². The third kappa shape index (κ3) is 5.64. The predicted octanol–water partition coefficient (Wildman–Crippen LogP) is 4.28. The van der Waals surface area contributed by atoms with Crippen molar-refractivity contribution < 1.29 is 13.2 Å². The summed E-state index contributed by atoms with van der Waals surface area (Å²) in [7, 11) is -3.73. The third-order valence-electron chi connectivity index (χ3n) is 5.27. The maximum absolute atomic E-state index is 12.5. The summed E-state index contributed by atoms with van der Waals surface area (Å²) in [6.07, 6.45) is 2.58. The number of hydrazone groups is 1. The molecule has 0 bridgehead atoms. The predicted molar refractivity (Wildman–Crippen MR) is 134 cm³/mol. The number of anilines is 1. The van der Waals surface area contributed by atoms with Crippen LogP contribution in [-0.4, -0.2) is 37.9 Å². The summed E-state index contributed by atoms with van der Waals surface area (Å²) in [5.41, 5.74) is 8.95. The molecule has 0 radical (unpaired) electrons. The van der Waals surface area contributed by atoms with Crippen LogP contribution >= 0.6 is 11.6 Å². The van der Waals surface area contributed by atoms with E-state index in [4.69, 9.17) is 11.6 Å². The summed E-state index contributed by atoms with van der Waals surface area (Å²) >= 11 is 6.13. The largest absolute Gasteiger partial charge is 0.318 e. The second-order valence-electron chi connectivity index (χ2n) is 7.97. The molecule has 0 aliphatic carbocycles. The number of sulfonamides is 1. The molecule has 1 heterocycles. The van der Waals surface area contributed by atoms with Crippen LogP contribution in [0.15, 0.2) is 53.6 Å². The van der Waals surface area contributed by atoms with Crippen LogP contribution in [0.25, 0.3) is 5.69 Å². The number of benzene rings is 2. The zero-order valence-electron chi connectivity index (χ0n) is 19.3. The van der Waals surface area contributed by atoms with Gasteiger partial charge in [0.1, 0.15) is 6.54 Å². The molecule has 174 valence electrons. The second-order valence-corrected chi connectivity index (χ2v) is 10.3. The van der Waals surface area contributed by atoms with Gasteiger partial charge in [0.05, 0.1) is 23.2 Å². The number of rotatable bonds is 7. The first-order valence-electron chi connectivity index (χ1n) is 10.3. The molecule has 7 nitrogen and oxygen atoms in total. The summed E-state index contributed by atoms with van der Waals surface area (Å²) < 4.78 is 27.5. The van der Waals surface area contributed by atoms with Gasteiger partial charge in [0, 0.05) is 22.6 Å². The number of hydrogen-bond acceptors (Lipinski definition) is 4. The van der Waals surface area contributed by atoms with Crippen molar-refractivity contribution in [2.75, 3.05) is 17.1 Å². The minimum Gasteiger partial charge on any atom is -0.318 e. The first-order chi connectivity index (χ1) is 15.5. The van der Waals surface area contributed by atoms with Gasteiger partial charge in [-0.15, -0.1) is 0 Å². The van der Waals surface area contributed by atoms with Crippen LogP contribution in [0.1, 0.15) is 28.1 Å². The van der Waals surface area contributed by atoms with E-state index in [9.17, 15) is 13.2 Å².